The van der Waals surface area contributed by atoms with E-state index in [1.165, 1.54) is 12.1 Å². The predicted molar refractivity (Wildman–Crippen MR) is 60.7 cm³/mol. The van der Waals surface area contributed by atoms with E-state index >= 15 is 0 Å². The van der Waals surface area contributed by atoms with Gasteiger partial charge in [-0.2, -0.15) is 0 Å². The Bertz CT molecular complexity index is 434. The summed E-state index contributed by atoms with van der Waals surface area (Å²) in [5.74, 6) is -0.320. The molecular formula is C12H15NO4. The van der Waals surface area contributed by atoms with Crippen LogP contribution < -0.4 is 10.9 Å². The highest BCUT2D eigenvalue weighted by molar-refractivity contribution is 5.93. The second kappa shape index (κ2) is 5.14. The molecule has 1 saturated carbocycles. The van der Waals surface area contributed by atoms with Gasteiger partial charge in [-0.05, 0) is 18.9 Å². The topological polar surface area (TPSA) is 79.5 Å². The summed E-state index contributed by atoms with van der Waals surface area (Å²) in [6, 6.07) is 2.41. The summed E-state index contributed by atoms with van der Waals surface area (Å²) in [6.45, 7) is 0. The zero-order valence-electron chi connectivity index (χ0n) is 9.39. The van der Waals surface area contributed by atoms with Gasteiger partial charge in [-0.15, -0.1) is 0 Å². The van der Waals surface area contributed by atoms with E-state index in [0.717, 1.165) is 31.9 Å². The van der Waals surface area contributed by atoms with Crippen LogP contribution in [0.2, 0.25) is 0 Å². The number of aliphatic hydroxyl groups excluding tert-OH is 1. The van der Waals surface area contributed by atoms with Crippen molar-refractivity contribution in [2.75, 3.05) is 0 Å². The molecule has 2 unspecified atom stereocenters. The van der Waals surface area contributed by atoms with Gasteiger partial charge >= 0.3 is 5.63 Å². The monoisotopic (exact) mass is 237 g/mol. The fourth-order valence-corrected chi connectivity index (χ4v) is 2.02. The van der Waals surface area contributed by atoms with Crippen LogP contribution in [0.15, 0.2) is 27.6 Å². The quantitative estimate of drug-likeness (QED) is 0.792. The molecule has 1 fully saturated rings. The summed E-state index contributed by atoms with van der Waals surface area (Å²) in [5, 5.41) is 12.5. The third-order valence-electron chi connectivity index (χ3n) is 3.01. The molecule has 0 radical (unpaired) electrons. The van der Waals surface area contributed by atoms with Crippen LogP contribution in [-0.2, 0) is 0 Å². The molecule has 2 N–H and O–H groups in total. The van der Waals surface area contributed by atoms with Gasteiger partial charge in [0.25, 0.3) is 5.91 Å². The normalized spacial score (nSPS) is 24.3. The van der Waals surface area contributed by atoms with Crippen molar-refractivity contribution in [3.8, 4) is 0 Å². The zero-order chi connectivity index (χ0) is 12.3. The maximum Gasteiger partial charge on any atom is 0.335 e. The zero-order valence-corrected chi connectivity index (χ0v) is 9.39. The number of nitrogens with one attached hydrogen (secondary N) is 1. The summed E-state index contributed by atoms with van der Waals surface area (Å²) in [7, 11) is 0. The maximum atomic E-state index is 11.8. The van der Waals surface area contributed by atoms with Crippen LogP contribution in [0.1, 0.15) is 36.0 Å². The lowest BCUT2D eigenvalue weighted by atomic mass is 9.92. The van der Waals surface area contributed by atoms with Gasteiger partial charge in [-0.3, -0.25) is 4.79 Å². The van der Waals surface area contributed by atoms with Crippen molar-refractivity contribution in [2.24, 2.45) is 0 Å². The third kappa shape index (κ3) is 2.94. The molecule has 1 amide bonds. The maximum absolute atomic E-state index is 11.8. The Morgan fingerprint density at radius 2 is 2.12 bits per heavy atom. The molecule has 2 rings (SSSR count). The molecule has 1 aliphatic rings. The summed E-state index contributed by atoms with van der Waals surface area (Å²) in [6.07, 6.45) is 4.15. The predicted octanol–water partition coefficient (Wildman–Crippen LogP) is 0.673. The molecule has 0 aliphatic heterocycles. The molecule has 0 saturated heterocycles. The number of aliphatic hydroxyl groups is 1. The average Bonchev–Trinajstić information content (AvgIpc) is 2.33. The minimum atomic E-state index is -0.487. The highest BCUT2D eigenvalue weighted by Crippen LogP contribution is 2.18. The molecule has 1 aromatic rings. The van der Waals surface area contributed by atoms with E-state index in [9.17, 15) is 14.7 Å². The molecule has 0 aromatic carbocycles. The van der Waals surface area contributed by atoms with E-state index < -0.39 is 11.7 Å². The highest BCUT2D eigenvalue weighted by atomic mass is 16.4. The first-order valence-corrected chi connectivity index (χ1v) is 5.74. The second-order valence-electron chi connectivity index (χ2n) is 4.28. The molecule has 5 nitrogen and oxygen atoms in total. The second-order valence-corrected chi connectivity index (χ2v) is 4.28. The first kappa shape index (κ1) is 11.9. The van der Waals surface area contributed by atoms with E-state index in [0.29, 0.717) is 5.56 Å². The van der Waals surface area contributed by atoms with Gasteiger partial charge in [0.05, 0.1) is 17.7 Å². The van der Waals surface area contributed by atoms with Gasteiger partial charge in [0.2, 0.25) is 0 Å². The Morgan fingerprint density at radius 1 is 1.35 bits per heavy atom. The lowest BCUT2D eigenvalue weighted by molar-refractivity contribution is 0.0715. The third-order valence-corrected chi connectivity index (χ3v) is 3.01. The van der Waals surface area contributed by atoms with Crippen LogP contribution >= 0.6 is 0 Å². The Labute approximate surface area is 98.5 Å². The van der Waals surface area contributed by atoms with E-state index in [2.05, 4.69) is 9.73 Å². The van der Waals surface area contributed by atoms with E-state index in [-0.39, 0.29) is 11.9 Å². The molecule has 1 aromatic heterocycles. The molecule has 1 heterocycles. The SMILES string of the molecule is O=C(NC1CCCCC1O)c1ccc(=O)oc1. The van der Waals surface area contributed by atoms with Crippen LogP contribution in [0.4, 0.5) is 0 Å². The fraction of sp³-hybridized carbons (Fsp3) is 0.500. The van der Waals surface area contributed by atoms with Crippen molar-refractivity contribution >= 4 is 5.91 Å². The number of amides is 1. The lowest BCUT2D eigenvalue weighted by Gasteiger charge is -2.28. The first-order valence-electron chi connectivity index (χ1n) is 5.74. The van der Waals surface area contributed by atoms with Crippen molar-refractivity contribution < 1.29 is 14.3 Å². The minimum absolute atomic E-state index is 0.205. The van der Waals surface area contributed by atoms with Gasteiger partial charge in [-0.1, -0.05) is 12.8 Å². The number of hydrogen-bond acceptors (Lipinski definition) is 4. The Morgan fingerprint density at radius 3 is 2.76 bits per heavy atom. The fourth-order valence-electron chi connectivity index (χ4n) is 2.02. The van der Waals surface area contributed by atoms with Crippen LogP contribution in [-0.4, -0.2) is 23.2 Å². The molecular weight excluding hydrogens is 222 g/mol. The Balaban J connectivity index is 2.01. The van der Waals surface area contributed by atoms with Gasteiger partial charge in [0.1, 0.15) is 6.26 Å². The van der Waals surface area contributed by atoms with Crippen molar-refractivity contribution in [1.29, 1.82) is 0 Å². The minimum Gasteiger partial charge on any atom is -0.430 e. The van der Waals surface area contributed by atoms with Crippen molar-refractivity contribution in [3.05, 3.63) is 34.4 Å². The van der Waals surface area contributed by atoms with Crippen LogP contribution in [0, 0.1) is 0 Å². The molecule has 2 atom stereocenters. The van der Waals surface area contributed by atoms with Crippen LogP contribution in [0.3, 0.4) is 0 Å². The largest absolute Gasteiger partial charge is 0.430 e. The lowest BCUT2D eigenvalue weighted by Crippen LogP contribution is -2.45. The van der Waals surface area contributed by atoms with E-state index in [1.54, 1.807) is 0 Å². The smallest absolute Gasteiger partial charge is 0.335 e. The van der Waals surface area contributed by atoms with Crippen LogP contribution in [0.5, 0.6) is 0 Å². The molecule has 0 bridgehead atoms. The van der Waals surface area contributed by atoms with Crippen molar-refractivity contribution in [3.63, 3.8) is 0 Å². The molecule has 5 heteroatoms. The number of carbonyl (C=O) groups excluding carboxylic acids is 1. The van der Waals surface area contributed by atoms with Gasteiger partial charge in [-0.25, -0.2) is 4.79 Å². The van der Waals surface area contributed by atoms with Gasteiger partial charge < -0.3 is 14.8 Å². The van der Waals surface area contributed by atoms with Gasteiger partial charge in [0.15, 0.2) is 0 Å². The standard InChI is InChI=1S/C12H15NO4/c14-10-4-2-1-3-9(10)13-12(16)8-5-6-11(15)17-7-8/h5-7,9-10,14H,1-4H2,(H,13,16). The van der Waals surface area contributed by atoms with E-state index in [1.807, 2.05) is 0 Å². The summed E-state index contributed by atoms with van der Waals surface area (Å²) in [4.78, 5) is 22.5. The molecule has 17 heavy (non-hydrogen) atoms. The number of hydrogen-bond donors (Lipinski definition) is 2. The number of rotatable bonds is 2. The van der Waals surface area contributed by atoms with Crippen molar-refractivity contribution in [1.82, 2.24) is 5.32 Å². The van der Waals surface area contributed by atoms with Crippen molar-refractivity contribution in [2.45, 2.75) is 37.8 Å². The number of carbonyl (C=O) groups is 1. The Kier molecular flexibility index (Phi) is 3.58. The first-order chi connectivity index (χ1) is 8.16. The molecule has 0 spiro atoms. The average molecular weight is 237 g/mol. The Hall–Kier alpha value is -1.62. The summed E-state index contributed by atoms with van der Waals surface area (Å²) >= 11 is 0. The highest BCUT2D eigenvalue weighted by Gasteiger charge is 2.24. The van der Waals surface area contributed by atoms with Gasteiger partial charge in [0, 0.05) is 6.07 Å². The molecule has 92 valence electrons. The van der Waals surface area contributed by atoms with E-state index in [4.69, 9.17) is 0 Å². The molecule has 1 aliphatic carbocycles. The summed E-state index contributed by atoms with van der Waals surface area (Å²) in [5.41, 5.74) is -0.193. The summed E-state index contributed by atoms with van der Waals surface area (Å²) < 4.78 is 4.62. The van der Waals surface area contributed by atoms with Crippen LogP contribution in [0.25, 0.3) is 0 Å².